The number of aryl methyl sites for hydroxylation is 1. The normalized spacial score (nSPS) is 11.6. The molecule has 2 heterocycles. The number of aromatic nitrogens is 4. The van der Waals surface area contributed by atoms with Crippen LogP contribution in [0.4, 0.5) is 11.5 Å². The van der Waals surface area contributed by atoms with Crippen LogP contribution in [0.3, 0.4) is 0 Å². The van der Waals surface area contributed by atoms with E-state index in [0.29, 0.717) is 0 Å². The third kappa shape index (κ3) is 5.96. The highest BCUT2D eigenvalue weighted by Crippen LogP contribution is 2.25. The molecule has 0 aliphatic rings. The van der Waals surface area contributed by atoms with Crippen LogP contribution >= 0.6 is 0 Å². The number of hydrogen-bond acceptors (Lipinski definition) is 6. The van der Waals surface area contributed by atoms with Crippen molar-refractivity contribution in [3.63, 3.8) is 0 Å². The second kappa shape index (κ2) is 9.37. The van der Waals surface area contributed by atoms with E-state index in [2.05, 4.69) is 60.1 Å². The van der Waals surface area contributed by atoms with Crippen LogP contribution in [0.25, 0.3) is 16.7 Å². The second-order valence-electron chi connectivity index (χ2n) is 9.38. The van der Waals surface area contributed by atoms with Gasteiger partial charge in [-0.1, -0.05) is 33.9 Å². The predicted octanol–water partition coefficient (Wildman–Crippen LogP) is 5.26. The van der Waals surface area contributed by atoms with Crippen LogP contribution in [0, 0.1) is 12.3 Å². The Labute approximate surface area is 185 Å². The summed E-state index contributed by atoms with van der Waals surface area (Å²) in [5, 5.41) is 18.8. The zero-order chi connectivity index (χ0) is 22.6. The van der Waals surface area contributed by atoms with Gasteiger partial charge in [-0.25, -0.2) is 4.98 Å². The Hall–Kier alpha value is -3.09. The summed E-state index contributed by atoms with van der Waals surface area (Å²) in [7, 11) is 0. The first-order valence-electron chi connectivity index (χ1n) is 10.9. The molecule has 0 aliphatic carbocycles. The molecule has 1 aromatic carbocycles. The van der Waals surface area contributed by atoms with Gasteiger partial charge in [0.2, 0.25) is 5.65 Å². The summed E-state index contributed by atoms with van der Waals surface area (Å²) in [5.41, 5.74) is 5.83. The quantitative estimate of drug-likeness (QED) is 0.387. The van der Waals surface area contributed by atoms with E-state index in [1.54, 1.807) is 0 Å². The van der Waals surface area contributed by atoms with Crippen LogP contribution < -0.4 is 16.0 Å². The van der Waals surface area contributed by atoms with Gasteiger partial charge < -0.3 is 16.0 Å². The number of benzene rings is 1. The Morgan fingerprint density at radius 3 is 2.55 bits per heavy atom. The fourth-order valence-electron chi connectivity index (χ4n) is 3.64. The molecule has 166 valence electrons. The molecule has 7 nitrogen and oxygen atoms in total. The SMILES string of the molecule is C=C(C)Nc1ccc2c(c1)nc(NCCCCNC(=C)CC(C)(C)C)c1nnc(C)n12. The average molecular weight is 422 g/mol. The van der Waals surface area contributed by atoms with E-state index in [0.717, 1.165) is 77.8 Å². The van der Waals surface area contributed by atoms with E-state index in [1.165, 1.54) is 0 Å². The van der Waals surface area contributed by atoms with E-state index in [4.69, 9.17) is 4.98 Å². The van der Waals surface area contributed by atoms with Gasteiger partial charge in [0.1, 0.15) is 5.82 Å². The lowest BCUT2D eigenvalue weighted by Crippen LogP contribution is -2.19. The van der Waals surface area contributed by atoms with Gasteiger partial charge in [0, 0.05) is 30.2 Å². The first-order valence-corrected chi connectivity index (χ1v) is 10.9. The topological polar surface area (TPSA) is 79.2 Å². The molecule has 3 aromatic rings. The van der Waals surface area contributed by atoms with Crippen LogP contribution in [0.15, 0.2) is 42.8 Å². The number of fused-ring (bicyclic) bond motifs is 3. The lowest BCUT2D eigenvalue weighted by molar-refractivity contribution is 0.398. The van der Waals surface area contributed by atoms with E-state index in [-0.39, 0.29) is 5.41 Å². The molecule has 0 amide bonds. The standard InChI is InChI=1S/C24H35N7/c1-16(2)27-19-10-11-21-20(14-19)28-22(23-30-29-18(4)31(21)23)26-13-9-8-12-25-17(3)15-24(5,6)7/h10-11,14,25,27H,1,3,8-9,12-13,15H2,2,4-7H3,(H,26,28). The molecule has 0 aliphatic heterocycles. The Bertz CT molecular complexity index is 1090. The van der Waals surface area contributed by atoms with Crippen molar-refractivity contribution in [2.45, 2.75) is 53.9 Å². The minimum absolute atomic E-state index is 0.259. The molecular weight excluding hydrogens is 386 g/mol. The fraction of sp³-hybridized carbons (Fsp3) is 0.458. The Morgan fingerprint density at radius 1 is 1.10 bits per heavy atom. The van der Waals surface area contributed by atoms with Crippen molar-refractivity contribution in [1.29, 1.82) is 0 Å². The van der Waals surface area contributed by atoms with Crippen molar-refractivity contribution < 1.29 is 0 Å². The largest absolute Gasteiger partial charge is 0.389 e. The molecule has 0 radical (unpaired) electrons. The smallest absolute Gasteiger partial charge is 0.204 e. The summed E-state index contributed by atoms with van der Waals surface area (Å²) in [6.07, 6.45) is 3.06. The maximum absolute atomic E-state index is 4.84. The van der Waals surface area contributed by atoms with Crippen LogP contribution in [0.5, 0.6) is 0 Å². The minimum atomic E-state index is 0.259. The van der Waals surface area contributed by atoms with Crippen molar-refractivity contribution in [2.24, 2.45) is 5.41 Å². The molecule has 3 rings (SSSR count). The summed E-state index contributed by atoms with van der Waals surface area (Å²) >= 11 is 0. The minimum Gasteiger partial charge on any atom is -0.389 e. The second-order valence-corrected chi connectivity index (χ2v) is 9.38. The highest BCUT2D eigenvalue weighted by Gasteiger charge is 2.14. The van der Waals surface area contributed by atoms with Crippen molar-refractivity contribution in [3.8, 4) is 0 Å². The number of unbranched alkanes of at least 4 members (excludes halogenated alkanes) is 1. The molecule has 3 N–H and O–H groups in total. The number of nitrogens with zero attached hydrogens (tertiary/aromatic N) is 4. The molecule has 0 atom stereocenters. The molecular formula is C24H35N7. The van der Waals surface area contributed by atoms with Crippen molar-refractivity contribution >= 4 is 28.2 Å². The monoisotopic (exact) mass is 421 g/mol. The summed E-state index contributed by atoms with van der Waals surface area (Å²) in [4.78, 5) is 4.84. The lowest BCUT2D eigenvalue weighted by atomic mass is 9.91. The molecule has 0 fully saturated rings. The first kappa shape index (κ1) is 22.6. The fourth-order valence-corrected chi connectivity index (χ4v) is 3.64. The number of hydrogen-bond donors (Lipinski definition) is 3. The van der Waals surface area contributed by atoms with Gasteiger partial charge in [-0.3, -0.25) is 4.40 Å². The van der Waals surface area contributed by atoms with Gasteiger partial charge in [-0.15, -0.1) is 10.2 Å². The van der Waals surface area contributed by atoms with Crippen molar-refractivity contribution in [3.05, 3.63) is 48.6 Å². The van der Waals surface area contributed by atoms with E-state index < -0.39 is 0 Å². The van der Waals surface area contributed by atoms with Gasteiger partial charge in [0.15, 0.2) is 5.82 Å². The molecule has 0 saturated heterocycles. The molecule has 31 heavy (non-hydrogen) atoms. The average Bonchev–Trinajstić information content (AvgIpc) is 3.04. The Balaban J connectivity index is 1.65. The molecule has 0 saturated carbocycles. The summed E-state index contributed by atoms with van der Waals surface area (Å²) in [6, 6.07) is 6.08. The maximum Gasteiger partial charge on any atom is 0.204 e. The predicted molar refractivity (Wildman–Crippen MR) is 130 cm³/mol. The van der Waals surface area contributed by atoms with E-state index >= 15 is 0 Å². The van der Waals surface area contributed by atoms with Gasteiger partial charge in [0.25, 0.3) is 0 Å². The van der Waals surface area contributed by atoms with Crippen molar-refractivity contribution in [2.75, 3.05) is 23.7 Å². The molecule has 2 aromatic heterocycles. The Morgan fingerprint density at radius 2 is 1.84 bits per heavy atom. The van der Waals surface area contributed by atoms with Crippen LogP contribution in [-0.2, 0) is 0 Å². The lowest BCUT2D eigenvalue weighted by Gasteiger charge is -2.20. The molecule has 0 unspecified atom stereocenters. The zero-order valence-corrected chi connectivity index (χ0v) is 19.5. The van der Waals surface area contributed by atoms with Gasteiger partial charge in [0.05, 0.1) is 11.0 Å². The van der Waals surface area contributed by atoms with Crippen LogP contribution in [0.1, 0.15) is 52.8 Å². The van der Waals surface area contributed by atoms with Crippen molar-refractivity contribution in [1.82, 2.24) is 24.9 Å². The van der Waals surface area contributed by atoms with E-state index in [9.17, 15) is 0 Å². The van der Waals surface area contributed by atoms with Gasteiger partial charge in [-0.05, 0) is 56.7 Å². The first-order chi connectivity index (χ1) is 14.6. The van der Waals surface area contributed by atoms with E-state index in [1.807, 2.05) is 36.4 Å². The van der Waals surface area contributed by atoms with Crippen LogP contribution in [-0.4, -0.2) is 32.7 Å². The molecule has 0 spiro atoms. The maximum atomic E-state index is 4.84. The Kier molecular flexibility index (Phi) is 6.83. The third-order valence-electron chi connectivity index (χ3n) is 4.86. The number of allylic oxidation sites excluding steroid dienone is 2. The summed E-state index contributed by atoms with van der Waals surface area (Å²) < 4.78 is 2.05. The number of nitrogens with one attached hydrogen (secondary N) is 3. The van der Waals surface area contributed by atoms with Crippen LogP contribution in [0.2, 0.25) is 0 Å². The number of anilines is 2. The molecule has 7 heteroatoms. The summed E-state index contributed by atoms with van der Waals surface area (Å²) in [5.74, 6) is 1.60. The van der Waals surface area contributed by atoms with Gasteiger partial charge in [-0.2, -0.15) is 0 Å². The highest BCUT2D eigenvalue weighted by molar-refractivity contribution is 5.85. The van der Waals surface area contributed by atoms with Gasteiger partial charge >= 0.3 is 0 Å². The zero-order valence-electron chi connectivity index (χ0n) is 19.5. The highest BCUT2D eigenvalue weighted by atomic mass is 15.3. The molecule has 0 bridgehead atoms. The number of rotatable bonds is 10. The summed E-state index contributed by atoms with van der Waals surface area (Å²) in [6.45, 7) is 20.4. The third-order valence-corrected chi connectivity index (χ3v) is 4.86.